The lowest BCUT2D eigenvalue weighted by molar-refractivity contribution is 0.311. The highest BCUT2D eigenvalue weighted by molar-refractivity contribution is 5.88. The number of nitrogens with two attached hydrogens (primary N) is 1. The minimum Gasteiger partial charge on any atom is -0.397 e. The van der Waals surface area contributed by atoms with E-state index in [1.807, 2.05) is 18.2 Å². The second-order valence-electron chi connectivity index (χ2n) is 4.59. The fourth-order valence-electron chi connectivity index (χ4n) is 2.21. The zero-order valence-electron chi connectivity index (χ0n) is 9.98. The van der Waals surface area contributed by atoms with Crippen LogP contribution in [0.3, 0.4) is 0 Å². The molecule has 0 amide bonds. The maximum atomic E-state index is 5.91. The topological polar surface area (TPSA) is 61.2 Å². The van der Waals surface area contributed by atoms with Gasteiger partial charge in [0.25, 0.3) is 0 Å². The zero-order valence-corrected chi connectivity index (χ0v) is 9.98. The number of rotatable bonds is 1. The number of aromatic nitrogens is 2. The van der Waals surface area contributed by atoms with Crippen LogP contribution in [0.25, 0.3) is 11.0 Å². The molecule has 1 aromatic carbocycles. The number of hydrogen-bond donors (Lipinski definition) is 2. The predicted octanol–water partition coefficient (Wildman–Crippen LogP) is 0.897. The molecule has 3 N–H and O–H groups in total. The molecule has 5 heteroatoms. The van der Waals surface area contributed by atoms with E-state index in [1.165, 1.54) is 0 Å². The normalized spacial score (nSPS) is 17.8. The van der Waals surface area contributed by atoms with Gasteiger partial charge in [-0.2, -0.15) is 0 Å². The molecule has 1 aliphatic heterocycles. The fourth-order valence-corrected chi connectivity index (χ4v) is 2.21. The van der Waals surface area contributed by atoms with E-state index in [9.17, 15) is 0 Å². The van der Waals surface area contributed by atoms with Gasteiger partial charge in [-0.05, 0) is 19.2 Å². The highest BCUT2D eigenvalue weighted by Gasteiger charge is 2.17. The Morgan fingerprint density at radius 1 is 1.24 bits per heavy atom. The van der Waals surface area contributed by atoms with E-state index >= 15 is 0 Å². The van der Waals surface area contributed by atoms with Crippen LogP contribution in [0.5, 0.6) is 0 Å². The standard InChI is InChI=1S/C12H17N5/c1-16-5-7-17(8-6-16)12-14-10-4-2-3-9(13)11(10)15-12/h2-4H,5-8,13H2,1H3,(H,14,15). The van der Waals surface area contributed by atoms with E-state index < -0.39 is 0 Å². The van der Waals surface area contributed by atoms with Crippen LogP contribution in [0.2, 0.25) is 0 Å². The third-order valence-electron chi connectivity index (χ3n) is 3.33. The molecule has 0 spiro atoms. The van der Waals surface area contributed by atoms with Crippen molar-refractivity contribution in [3.05, 3.63) is 18.2 Å². The van der Waals surface area contributed by atoms with E-state index in [2.05, 4.69) is 26.8 Å². The lowest BCUT2D eigenvalue weighted by Gasteiger charge is -2.32. The van der Waals surface area contributed by atoms with Crippen LogP contribution in [0.15, 0.2) is 18.2 Å². The van der Waals surface area contributed by atoms with E-state index in [-0.39, 0.29) is 0 Å². The van der Waals surface area contributed by atoms with Crippen LogP contribution in [-0.4, -0.2) is 48.1 Å². The number of imidazole rings is 1. The smallest absolute Gasteiger partial charge is 0.203 e. The van der Waals surface area contributed by atoms with Gasteiger partial charge in [-0.25, -0.2) is 4.98 Å². The molecule has 1 fully saturated rings. The summed E-state index contributed by atoms with van der Waals surface area (Å²) in [5.74, 6) is 0.936. The summed E-state index contributed by atoms with van der Waals surface area (Å²) in [5.41, 5.74) is 8.54. The maximum absolute atomic E-state index is 5.91. The monoisotopic (exact) mass is 231 g/mol. The molecule has 0 aliphatic carbocycles. The Morgan fingerprint density at radius 3 is 2.71 bits per heavy atom. The van der Waals surface area contributed by atoms with Gasteiger partial charge in [-0.15, -0.1) is 0 Å². The third kappa shape index (κ3) is 1.82. The molecule has 90 valence electrons. The maximum Gasteiger partial charge on any atom is 0.203 e. The van der Waals surface area contributed by atoms with Gasteiger partial charge in [0.05, 0.1) is 11.2 Å². The highest BCUT2D eigenvalue weighted by atomic mass is 15.3. The Labute approximate surface area is 100 Å². The van der Waals surface area contributed by atoms with Gasteiger partial charge < -0.3 is 20.5 Å². The number of likely N-dealkylation sites (N-methyl/N-ethyl adjacent to an activating group) is 1. The molecule has 5 nitrogen and oxygen atoms in total. The van der Waals surface area contributed by atoms with E-state index in [1.54, 1.807) is 0 Å². The number of benzene rings is 1. The summed E-state index contributed by atoms with van der Waals surface area (Å²) in [4.78, 5) is 12.5. The largest absolute Gasteiger partial charge is 0.397 e. The Bertz CT molecular complexity index is 525. The van der Waals surface area contributed by atoms with Crippen molar-refractivity contribution in [3.8, 4) is 0 Å². The molecule has 2 aromatic rings. The van der Waals surface area contributed by atoms with E-state index in [0.717, 1.165) is 48.8 Å². The Hall–Kier alpha value is -1.75. The first-order chi connectivity index (χ1) is 8.24. The summed E-state index contributed by atoms with van der Waals surface area (Å²) >= 11 is 0. The molecule has 0 atom stereocenters. The van der Waals surface area contributed by atoms with Gasteiger partial charge in [0, 0.05) is 26.2 Å². The first-order valence-corrected chi connectivity index (χ1v) is 5.92. The molecule has 1 aromatic heterocycles. The average molecular weight is 231 g/mol. The van der Waals surface area contributed by atoms with Crippen LogP contribution in [0, 0.1) is 0 Å². The van der Waals surface area contributed by atoms with Crippen molar-refractivity contribution < 1.29 is 0 Å². The molecule has 17 heavy (non-hydrogen) atoms. The Kier molecular flexibility index (Phi) is 2.40. The van der Waals surface area contributed by atoms with E-state index in [0.29, 0.717) is 0 Å². The van der Waals surface area contributed by atoms with Crippen LogP contribution in [-0.2, 0) is 0 Å². The third-order valence-corrected chi connectivity index (χ3v) is 3.33. The molecule has 2 heterocycles. The van der Waals surface area contributed by atoms with Gasteiger partial charge in [0.1, 0.15) is 5.52 Å². The number of aromatic amines is 1. The van der Waals surface area contributed by atoms with Crippen molar-refractivity contribution in [2.45, 2.75) is 0 Å². The fraction of sp³-hybridized carbons (Fsp3) is 0.417. The van der Waals surface area contributed by atoms with E-state index in [4.69, 9.17) is 5.73 Å². The lowest BCUT2D eigenvalue weighted by atomic mass is 10.3. The van der Waals surface area contributed by atoms with Crippen molar-refractivity contribution in [3.63, 3.8) is 0 Å². The molecule has 0 saturated carbocycles. The summed E-state index contributed by atoms with van der Waals surface area (Å²) < 4.78 is 0. The SMILES string of the molecule is CN1CCN(c2nc3c(N)cccc3[nH]2)CC1. The number of fused-ring (bicyclic) bond motifs is 1. The van der Waals surface area contributed by atoms with Gasteiger partial charge >= 0.3 is 0 Å². The van der Waals surface area contributed by atoms with Crippen LogP contribution < -0.4 is 10.6 Å². The quantitative estimate of drug-likeness (QED) is 0.716. The van der Waals surface area contributed by atoms with Gasteiger partial charge in [-0.1, -0.05) is 6.07 Å². The second kappa shape index (κ2) is 3.92. The van der Waals surface area contributed by atoms with Crippen molar-refractivity contribution in [1.82, 2.24) is 14.9 Å². The molecule has 0 radical (unpaired) electrons. The zero-order chi connectivity index (χ0) is 11.8. The summed E-state index contributed by atoms with van der Waals surface area (Å²) in [6.07, 6.45) is 0. The summed E-state index contributed by atoms with van der Waals surface area (Å²) in [6, 6.07) is 5.85. The molecular formula is C12H17N5. The number of para-hydroxylation sites is 1. The Morgan fingerprint density at radius 2 is 2.00 bits per heavy atom. The number of anilines is 2. The first-order valence-electron chi connectivity index (χ1n) is 5.92. The number of hydrogen-bond acceptors (Lipinski definition) is 4. The van der Waals surface area contributed by atoms with Gasteiger partial charge in [-0.3, -0.25) is 0 Å². The van der Waals surface area contributed by atoms with Gasteiger partial charge in [0.15, 0.2) is 0 Å². The number of nitrogen functional groups attached to an aromatic ring is 1. The average Bonchev–Trinajstić information content (AvgIpc) is 2.75. The van der Waals surface area contributed by atoms with Crippen LogP contribution in [0.1, 0.15) is 0 Å². The molecule has 3 rings (SSSR count). The number of piperazine rings is 1. The van der Waals surface area contributed by atoms with Crippen molar-refractivity contribution in [2.75, 3.05) is 43.9 Å². The van der Waals surface area contributed by atoms with Crippen molar-refractivity contribution >= 4 is 22.7 Å². The summed E-state index contributed by atoms with van der Waals surface area (Å²) in [7, 11) is 2.15. The number of H-pyrrole nitrogens is 1. The summed E-state index contributed by atoms with van der Waals surface area (Å²) in [5, 5.41) is 0. The predicted molar refractivity (Wildman–Crippen MR) is 70.2 cm³/mol. The molecular weight excluding hydrogens is 214 g/mol. The van der Waals surface area contributed by atoms with Gasteiger partial charge in [0.2, 0.25) is 5.95 Å². The molecule has 0 bridgehead atoms. The van der Waals surface area contributed by atoms with Crippen LogP contribution >= 0.6 is 0 Å². The summed E-state index contributed by atoms with van der Waals surface area (Å²) in [6.45, 7) is 4.17. The molecule has 0 unspecified atom stereocenters. The highest BCUT2D eigenvalue weighted by Crippen LogP contribution is 2.22. The first kappa shape index (κ1) is 10.4. The Balaban J connectivity index is 1.93. The molecule has 1 saturated heterocycles. The minimum absolute atomic E-state index is 0.735. The second-order valence-corrected chi connectivity index (χ2v) is 4.59. The minimum atomic E-state index is 0.735. The number of nitrogens with zero attached hydrogens (tertiary/aromatic N) is 3. The van der Waals surface area contributed by atoms with Crippen LogP contribution in [0.4, 0.5) is 11.6 Å². The van der Waals surface area contributed by atoms with Crippen molar-refractivity contribution in [2.24, 2.45) is 0 Å². The lowest BCUT2D eigenvalue weighted by Crippen LogP contribution is -2.44. The molecule has 1 aliphatic rings. The van der Waals surface area contributed by atoms with Crippen molar-refractivity contribution in [1.29, 1.82) is 0 Å². The number of nitrogens with one attached hydrogen (secondary N) is 1.